The molecule has 1 aliphatic rings. The van der Waals surface area contributed by atoms with E-state index >= 15 is 0 Å². The van der Waals surface area contributed by atoms with Crippen LogP contribution in [0.5, 0.6) is 0 Å². The minimum Gasteiger partial charge on any atom is -0.356 e. The zero-order valence-corrected chi connectivity index (χ0v) is 16.0. The van der Waals surface area contributed by atoms with Gasteiger partial charge in [0.15, 0.2) is 0 Å². The lowest BCUT2D eigenvalue weighted by Gasteiger charge is -2.32. The Morgan fingerprint density at radius 1 is 1.07 bits per heavy atom. The van der Waals surface area contributed by atoms with Crippen LogP contribution in [0, 0.1) is 19.8 Å². The number of anilines is 2. The number of hydrogen-bond donors (Lipinski definition) is 1. The van der Waals surface area contributed by atoms with Gasteiger partial charge in [0.2, 0.25) is 5.91 Å². The Labute approximate surface area is 163 Å². The average molecular weight is 377 g/mol. The Hall–Kier alpha value is -3.29. The molecule has 1 amide bonds. The second kappa shape index (κ2) is 7.75. The van der Waals surface area contributed by atoms with Gasteiger partial charge < -0.3 is 10.2 Å². The van der Waals surface area contributed by atoms with Crippen molar-refractivity contribution in [2.24, 2.45) is 5.92 Å². The first-order valence-corrected chi connectivity index (χ1v) is 9.41. The number of aromatic nitrogens is 5. The fourth-order valence-corrected chi connectivity index (χ4v) is 3.47. The quantitative estimate of drug-likeness (QED) is 0.752. The van der Waals surface area contributed by atoms with Crippen molar-refractivity contribution in [1.29, 1.82) is 0 Å². The van der Waals surface area contributed by atoms with E-state index in [1.54, 1.807) is 18.7 Å². The van der Waals surface area contributed by atoms with E-state index in [1.165, 1.54) is 0 Å². The van der Waals surface area contributed by atoms with Crippen LogP contribution in [0.3, 0.4) is 0 Å². The lowest BCUT2D eigenvalue weighted by molar-refractivity contribution is -0.120. The molecular formula is C20H23N7O. The molecule has 4 heterocycles. The summed E-state index contributed by atoms with van der Waals surface area (Å²) in [4.78, 5) is 32.1. The van der Waals surface area contributed by atoms with Crippen molar-refractivity contribution in [1.82, 2.24) is 24.5 Å². The monoisotopic (exact) mass is 377 g/mol. The molecule has 3 aromatic heterocycles. The predicted molar refractivity (Wildman–Crippen MR) is 106 cm³/mol. The van der Waals surface area contributed by atoms with E-state index in [2.05, 4.69) is 30.2 Å². The molecule has 0 spiro atoms. The van der Waals surface area contributed by atoms with Gasteiger partial charge in [0.05, 0.1) is 0 Å². The number of hydrogen-bond acceptors (Lipinski definition) is 6. The Bertz CT molecular complexity index is 976. The minimum absolute atomic E-state index is 0.0187. The number of carbonyl (C=O) groups excluding carboxylic acids is 1. The Balaban J connectivity index is 1.40. The largest absolute Gasteiger partial charge is 0.356 e. The van der Waals surface area contributed by atoms with Crippen molar-refractivity contribution in [3.05, 3.63) is 54.5 Å². The molecule has 0 aliphatic carbocycles. The van der Waals surface area contributed by atoms with Crippen molar-refractivity contribution in [3.8, 4) is 5.82 Å². The lowest BCUT2D eigenvalue weighted by atomic mass is 9.96. The Morgan fingerprint density at radius 2 is 1.86 bits per heavy atom. The van der Waals surface area contributed by atoms with E-state index in [0.717, 1.165) is 49.0 Å². The van der Waals surface area contributed by atoms with Gasteiger partial charge in [0.1, 0.15) is 29.6 Å². The van der Waals surface area contributed by atoms with E-state index in [-0.39, 0.29) is 11.8 Å². The van der Waals surface area contributed by atoms with Crippen LogP contribution in [0.1, 0.15) is 24.2 Å². The van der Waals surface area contributed by atoms with Gasteiger partial charge in [-0.1, -0.05) is 6.07 Å². The molecule has 4 rings (SSSR count). The topological polar surface area (TPSA) is 88.8 Å². The standard InChI is InChI=1S/C20H23N7O/c1-14-4-3-7-22-19(14)25-20(28)16-5-9-26(10-6-16)17-12-18(24-13-23-17)27-11-8-21-15(27)2/h3-4,7-8,11-13,16H,5-6,9-10H2,1-2H3,(H,22,25,28). The van der Waals surface area contributed by atoms with Crippen molar-refractivity contribution in [2.75, 3.05) is 23.3 Å². The van der Waals surface area contributed by atoms with Gasteiger partial charge in [0.25, 0.3) is 0 Å². The molecule has 1 N–H and O–H groups in total. The molecule has 0 saturated carbocycles. The normalized spacial score (nSPS) is 14.9. The first-order valence-electron chi connectivity index (χ1n) is 9.41. The smallest absolute Gasteiger partial charge is 0.228 e. The van der Waals surface area contributed by atoms with E-state index in [4.69, 9.17) is 0 Å². The van der Waals surface area contributed by atoms with Crippen LogP contribution in [0.2, 0.25) is 0 Å². The van der Waals surface area contributed by atoms with E-state index < -0.39 is 0 Å². The van der Waals surface area contributed by atoms with E-state index in [0.29, 0.717) is 5.82 Å². The number of aryl methyl sites for hydroxylation is 2. The molecule has 8 nitrogen and oxygen atoms in total. The second-order valence-corrected chi connectivity index (χ2v) is 7.00. The summed E-state index contributed by atoms with van der Waals surface area (Å²) in [7, 11) is 0. The summed E-state index contributed by atoms with van der Waals surface area (Å²) in [5.41, 5.74) is 0.969. The molecule has 0 bridgehead atoms. The lowest BCUT2D eigenvalue weighted by Crippen LogP contribution is -2.38. The van der Waals surface area contributed by atoms with Crippen molar-refractivity contribution in [3.63, 3.8) is 0 Å². The third kappa shape index (κ3) is 3.71. The fourth-order valence-electron chi connectivity index (χ4n) is 3.47. The number of nitrogens with zero attached hydrogens (tertiary/aromatic N) is 6. The molecule has 0 atom stereocenters. The van der Waals surface area contributed by atoms with Gasteiger partial charge in [-0.2, -0.15) is 0 Å². The molecule has 0 radical (unpaired) electrons. The first kappa shape index (κ1) is 18.1. The molecule has 8 heteroatoms. The number of nitrogens with one attached hydrogen (secondary N) is 1. The summed E-state index contributed by atoms with van der Waals surface area (Å²) in [6.45, 7) is 5.44. The van der Waals surface area contributed by atoms with Crippen molar-refractivity contribution >= 4 is 17.5 Å². The van der Waals surface area contributed by atoms with E-state index in [1.807, 2.05) is 42.8 Å². The summed E-state index contributed by atoms with van der Waals surface area (Å²) in [6.07, 6.45) is 8.47. The number of rotatable bonds is 4. The van der Waals surface area contributed by atoms with Crippen LogP contribution in [0.15, 0.2) is 43.1 Å². The number of carbonyl (C=O) groups is 1. The van der Waals surface area contributed by atoms with Crippen LogP contribution in [-0.2, 0) is 4.79 Å². The predicted octanol–water partition coefficient (Wildman–Crippen LogP) is 2.53. The summed E-state index contributed by atoms with van der Waals surface area (Å²) < 4.78 is 1.93. The van der Waals surface area contributed by atoms with Gasteiger partial charge >= 0.3 is 0 Å². The van der Waals surface area contributed by atoms with Crippen LogP contribution < -0.4 is 10.2 Å². The van der Waals surface area contributed by atoms with Crippen molar-refractivity contribution < 1.29 is 4.79 Å². The summed E-state index contributed by atoms with van der Waals surface area (Å²) in [5.74, 6) is 3.22. The number of imidazole rings is 1. The number of amides is 1. The zero-order valence-electron chi connectivity index (χ0n) is 16.0. The van der Waals surface area contributed by atoms with Gasteiger partial charge in [-0.15, -0.1) is 0 Å². The first-order chi connectivity index (χ1) is 13.6. The SMILES string of the molecule is Cc1cccnc1NC(=O)C1CCN(c2cc(-n3ccnc3C)ncn2)CC1. The average Bonchev–Trinajstić information content (AvgIpc) is 3.16. The number of piperidine rings is 1. The van der Waals surface area contributed by atoms with Crippen molar-refractivity contribution in [2.45, 2.75) is 26.7 Å². The zero-order chi connectivity index (χ0) is 19.5. The molecule has 28 heavy (non-hydrogen) atoms. The molecule has 1 saturated heterocycles. The van der Waals surface area contributed by atoms with Gasteiger partial charge in [0, 0.05) is 43.7 Å². The highest BCUT2D eigenvalue weighted by Gasteiger charge is 2.26. The molecule has 1 aliphatic heterocycles. The fraction of sp³-hybridized carbons (Fsp3) is 0.350. The maximum absolute atomic E-state index is 12.6. The van der Waals surface area contributed by atoms with Crippen LogP contribution >= 0.6 is 0 Å². The van der Waals surface area contributed by atoms with Gasteiger partial charge in [-0.05, 0) is 38.3 Å². The molecule has 1 fully saturated rings. The summed E-state index contributed by atoms with van der Waals surface area (Å²) >= 11 is 0. The minimum atomic E-state index is -0.0187. The van der Waals surface area contributed by atoms with Gasteiger partial charge in [-0.3, -0.25) is 9.36 Å². The van der Waals surface area contributed by atoms with Gasteiger partial charge in [-0.25, -0.2) is 19.9 Å². The molecule has 0 aromatic carbocycles. The van der Waals surface area contributed by atoms with E-state index in [9.17, 15) is 4.79 Å². The third-order valence-corrected chi connectivity index (χ3v) is 5.15. The number of pyridine rings is 1. The second-order valence-electron chi connectivity index (χ2n) is 7.00. The van der Waals surface area contributed by atoms with Crippen LogP contribution in [0.25, 0.3) is 5.82 Å². The summed E-state index contributed by atoms with van der Waals surface area (Å²) in [6, 6.07) is 5.77. The molecule has 144 valence electrons. The highest BCUT2D eigenvalue weighted by molar-refractivity contribution is 5.92. The summed E-state index contributed by atoms with van der Waals surface area (Å²) in [5, 5.41) is 2.96. The Kier molecular flexibility index (Phi) is 5.01. The Morgan fingerprint density at radius 3 is 2.57 bits per heavy atom. The maximum Gasteiger partial charge on any atom is 0.228 e. The maximum atomic E-state index is 12.6. The molecular weight excluding hydrogens is 354 g/mol. The third-order valence-electron chi connectivity index (χ3n) is 5.15. The highest BCUT2D eigenvalue weighted by atomic mass is 16.1. The molecule has 3 aromatic rings. The molecule has 0 unspecified atom stereocenters. The van der Waals surface area contributed by atoms with Crippen LogP contribution in [0.4, 0.5) is 11.6 Å². The van der Waals surface area contributed by atoms with Crippen LogP contribution in [-0.4, -0.2) is 43.5 Å². The highest BCUT2D eigenvalue weighted by Crippen LogP contribution is 2.24.